The number of amides is 1. The van der Waals surface area contributed by atoms with E-state index >= 15 is 0 Å². The highest BCUT2D eigenvalue weighted by molar-refractivity contribution is 5.80. The third-order valence-corrected chi connectivity index (χ3v) is 6.32. The zero-order valence-electron chi connectivity index (χ0n) is 19.4. The molecule has 1 unspecified atom stereocenters. The fourth-order valence-electron chi connectivity index (χ4n) is 4.50. The van der Waals surface area contributed by atoms with Crippen molar-refractivity contribution in [1.82, 2.24) is 14.9 Å². The number of nitrogens with one attached hydrogen (secondary N) is 1. The molecule has 1 amide bonds. The molecule has 0 spiro atoms. The van der Waals surface area contributed by atoms with Crippen LogP contribution in [0.5, 0.6) is 0 Å². The fraction of sp³-hybridized carbons (Fsp3) is 0.692. The lowest BCUT2D eigenvalue weighted by Gasteiger charge is -2.11. The number of aryl methyl sites for hydroxylation is 2. The molecule has 0 radical (unpaired) electrons. The van der Waals surface area contributed by atoms with Crippen molar-refractivity contribution >= 4 is 16.9 Å². The van der Waals surface area contributed by atoms with Gasteiger partial charge in [0, 0.05) is 26.1 Å². The first-order valence-corrected chi connectivity index (χ1v) is 12.6. The van der Waals surface area contributed by atoms with Crippen molar-refractivity contribution in [2.45, 2.75) is 103 Å². The number of carbonyl (C=O) groups is 1. The number of ether oxygens (including phenoxy) is 1. The van der Waals surface area contributed by atoms with Gasteiger partial charge >= 0.3 is 0 Å². The number of fused-ring (bicyclic) bond motifs is 1. The Kier molecular flexibility index (Phi) is 10.4. The van der Waals surface area contributed by atoms with E-state index < -0.39 is 0 Å². The maximum absolute atomic E-state index is 12.1. The molecular formula is C26H41N3O2. The Hall–Kier alpha value is -1.88. The fourth-order valence-corrected chi connectivity index (χ4v) is 4.50. The van der Waals surface area contributed by atoms with Crippen LogP contribution < -0.4 is 5.32 Å². The predicted octanol–water partition coefficient (Wildman–Crippen LogP) is 5.79. The van der Waals surface area contributed by atoms with Crippen LogP contribution in [-0.2, 0) is 22.5 Å². The summed E-state index contributed by atoms with van der Waals surface area (Å²) in [6.07, 6.45) is 15.5. The van der Waals surface area contributed by atoms with Gasteiger partial charge in [0.25, 0.3) is 0 Å². The Labute approximate surface area is 188 Å². The van der Waals surface area contributed by atoms with Crippen molar-refractivity contribution in [2.75, 3.05) is 13.2 Å². The van der Waals surface area contributed by atoms with E-state index in [4.69, 9.17) is 9.72 Å². The third kappa shape index (κ3) is 7.64. The first kappa shape index (κ1) is 23.8. The molecule has 0 bridgehead atoms. The Morgan fingerprint density at radius 1 is 1.06 bits per heavy atom. The van der Waals surface area contributed by atoms with E-state index in [0.717, 1.165) is 43.6 Å². The summed E-state index contributed by atoms with van der Waals surface area (Å²) in [4.78, 5) is 17.0. The summed E-state index contributed by atoms with van der Waals surface area (Å²) in [7, 11) is 0. The van der Waals surface area contributed by atoms with Gasteiger partial charge in [0.1, 0.15) is 11.9 Å². The van der Waals surface area contributed by atoms with E-state index in [1.165, 1.54) is 63.3 Å². The Morgan fingerprint density at radius 2 is 1.81 bits per heavy atom. The molecule has 1 N–H and O–H groups in total. The van der Waals surface area contributed by atoms with Crippen LogP contribution in [0.25, 0.3) is 11.0 Å². The summed E-state index contributed by atoms with van der Waals surface area (Å²) in [6.45, 7) is 4.70. The van der Waals surface area contributed by atoms with Gasteiger partial charge < -0.3 is 14.6 Å². The highest BCUT2D eigenvalue weighted by atomic mass is 16.5. The van der Waals surface area contributed by atoms with Crippen LogP contribution in [0.3, 0.4) is 0 Å². The molecule has 3 rings (SSSR count). The van der Waals surface area contributed by atoms with E-state index in [1.54, 1.807) is 0 Å². The lowest BCUT2D eigenvalue weighted by molar-refractivity contribution is -0.130. The summed E-state index contributed by atoms with van der Waals surface area (Å²) < 4.78 is 7.86. The van der Waals surface area contributed by atoms with Crippen molar-refractivity contribution in [3.8, 4) is 0 Å². The highest BCUT2D eigenvalue weighted by Gasteiger charge is 2.22. The first-order chi connectivity index (χ1) is 15.3. The lowest BCUT2D eigenvalue weighted by Crippen LogP contribution is -2.34. The molecular weight excluding hydrogens is 386 g/mol. The molecule has 1 aliphatic rings. The van der Waals surface area contributed by atoms with Crippen LogP contribution in [0.15, 0.2) is 24.3 Å². The summed E-state index contributed by atoms with van der Waals surface area (Å²) >= 11 is 0. The molecule has 172 valence electrons. The minimum atomic E-state index is -0.240. The molecule has 0 saturated carbocycles. The van der Waals surface area contributed by atoms with Gasteiger partial charge in [-0.3, -0.25) is 4.79 Å². The largest absolute Gasteiger partial charge is 0.368 e. The number of rotatable bonds is 15. The Balaban J connectivity index is 1.42. The molecule has 0 aliphatic carbocycles. The smallest absolute Gasteiger partial charge is 0.249 e. The molecule has 1 saturated heterocycles. The van der Waals surface area contributed by atoms with Gasteiger partial charge in [-0.15, -0.1) is 0 Å². The molecule has 2 aromatic rings. The van der Waals surface area contributed by atoms with Crippen LogP contribution in [-0.4, -0.2) is 34.7 Å². The van der Waals surface area contributed by atoms with E-state index in [9.17, 15) is 4.79 Å². The SMILES string of the molecule is CCCCCCCCCCCn1c(CCCNC(=O)C2CCCO2)nc2ccccc21. The van der Waals surface area contributed by atoms with Crippen LogP contribution in [0, 0.1) is 0 Å². The topological polar surface area (TPSA) is 56.2 Å². The molecule has 1 aliphatic heterocycles. The van der Waals surface area contributed by atoms with E-state index in [0.29, 0.717) is 13.2 Å². The van der Waals surface area contributed by atoms with Crippen LogP contribution in [0.4, 0.5) is 0 Å². The molecule has 5 nitrogen and oxygen atoms in total. The molecule has 31 heavy (non-hydrogen) atoms. The van der Waals surface area contributed by atoms with E-state index in [-0.39, 0.29) is 12.0 Å². The number of unbranched alkanes of at least 4 members (excludes halogenated alkanes) is 8. The maximum Gasteiger partial charge on any atom is 0.249 e. The number of carbonyl (C=O) groups excluding carboxylic acids is 1. The Morgan fingerprint density at radius 3 is 2.55 bits per heavy atom. The minimum Gasteiger partial charge on any atom is -0.368 e. The second-order valence-electron chi connectivity index (χ2n) is 8.89. The first-order valence-electron chi connectivity index (χ1n) is 12.6. The quantitative estimate of drug-likeness (QED) is 0.366. The van der Waals surface area contributed by atoms with Crippen LogP contribution in [0.1, 0.15) is 89.8 Å². The van der Waals surface area contributed by atoms with E-state index in [2.05, 4.69) is 41.1 Å². The second kappa shape index (κ2) is 13.5. The maximum atomic E-state index is 12.1. The van der Waals surface area contributed by atoms with Gasteiger partial charge in [-0.05, 0) is 37.8 Å². The normalized spacial score (nSPS) is 16.2. The second-order valence-corrected chi connectivity index (χ2v) is 8.89. The van der Waals surface area contributed by atoms with Crippen molar-refractivity contribution in [3.05, 3.63) is 30.1 Å². The summed E-state index contributed by atoms with van der Waals surface area (Å²) in [6, 6.07) is 8.44. The lowest BCUT2D eigenvalue weighted by atomic mass is 10.1. The molecule has 1 atom stereocenters. The molecule has 1 aromatic carbocycles. The molecule has 1 fully saturated rings. The molecule has 2 heterocycles. The molecule has 1 aromatic heterocycles. The van der Waals surface area contributed by atoms with Gasteiger partial charge in [0.15, 0.2) is 0 Å². The zero-order chi connectivity index (χ0) is 21.7. The number of hydrogen-bond donors (Lipinski definition) is 1. The average molecular weight is 428 g/mol. The third-order valence-electron chi connectivity index (χ3n) is 6.32. The highest BCUT2D eigenvalue weighted by Crippen LogP contribution is 2.19. The average Bonchev–Trinajstić information content (AvgIpc) is 3.44. The van der Waals surface area contributed by atoms with Gasteiger partial charge in [-0.2, -0.15) is 0 Å². The van der Waals surface area contributed by atoms with E-state index in [1.807, 2.05) is 0 Å². The number of para-hydroxylation sites is 2. The standard InChI is InChI=1S/C26H41N3O2/c1-2-3-4-5-6-7-8-9-12-20-29-23-16-11-10-15-22(23)28-25(29)18-13-19-27-26(30)24-17-14-21-31-24/h10-11,15-16,24H,2-9,12-14,17-21H2,1H3,(H,27,30). The summed E-state index contributed by atoms with van der Waals surface area (Å²) in [5.41, 5.74) is 2.32. The summed E-state index contributed by atoms with van der Waals surface area (Å²) in [5.74, 6) is 1.19. The predicted molar refractivity (Wildman–Crippen MR) is 127 cm³/mol. The molecule has 5 heteroatoms. The Bertz CT molecular complexity index is 780. The number of imidazole rings is 1. The van der Waals surface area contributed by atoms with Crippen molar-refractivity contribution in [3.63, 3.8) is 0 Å². The van der Waals surface area contributed by atoms with Crippen LogP contribution in [0.2, 0.25) is 0 Å². The van der Waals surface area contributed by atoms with Crippen LogP contribution >= 0.6 is 0 Å². The number of benzene rings is 1. The van der Waals surface area contributed by atoms with Crippen molar-refractivity contribution in [2.24, 2.45) is 0 Å². The monoisotopic (exact) mass is 427 g/mol. The van der Waals surface area contributed by atoms with Gasteiger partial charge in [0.05, 0.1) is 11.0 Å². The van der Waals surface area contributed by atoms with Crippen molar-refractivity contribution in [1.29, 1.82) is 0 Å². The zero-order valence-corrected chi connectivity index (χ0v) is 19.4. The van der Waals surface area contributed by atoms with Gasteiger partial charge in [-0.25, -0.2) is 4.98 Å². The minimum absolute atomic E-state index is 0.0423. The number of hydrogen-bond acceptors (Lipinski definition) is 3. The van der Waals surface area contributed by atoms with Gasteiger partial charge in [0.2, 0.25) is 5.91 Å². The van der Waals surface area contributed by atoms with Crippen molar-refractivity contribution < 1.29 is 9.53 Å². The summed E-state index contributed by atoms with van der Waals surface area (Å²) in [5, 5.41) is 3.03. The number of aromatic nitrogens is 2. The van der Waals surface area contributed by atoms with Gasteiger partial charge in [-0.1, -0.05) is 70.4 Å². The number of nitrogens with zero attached hydrogens (tertiary/aromatic N) is 2.